The van der Waals surface area contributed by atoms with E-state index in [4.69, 9.17) is 5.73 Å². The molecule has 1 aliphatic rings. The fourth-order valence-corrected chi connectivity index (χ4v) is 3.13. The van der Waals surface area contributed by atoms with E-state index in [2.05, 4.69) is 5.32 Å². The molecule has 130 valence electrons. The summed E-state index contributed by atoms with van der Waals surface area (Å²) in [5.74, 6) is -0.292. The summed E-state index contributed by atoms with van der Waals surface area (Å²) in [6, 6.07) is 16.0. The highest BCUT2D eigenvalue weighted by Gasteiger charge is 2.28. The van der Waals surface area contributed by atoms with E-state index < -0.39 is 6.04 Å². The average molecular weight is 337 g/mol. The summed E-state index contributed by atoms with van der Waals surface area (Å²) in [7, 11) is 0. The van der Waals surface area contributed by atoms with Gasteiger partial charge in [-0.3, -0.25) is 9.59 Å². The number of carbonyl (C=O) groups excluding carboxylic acids is 2. The van der Waals surface area contributed by atoms with Gasteiger partial charge in [0.1, 0.15) is 6.04 Å². The van der Waals surface area contributed by atoms with E-state index in [1.54, 1.807) is 24.3 Å². The Morgan fingerprint density at radius 3 is 2.44 bits per heavy atom. The van der Waals surface area contributed by atoms with Crippen molar-refractivity contribution in [2.45, 2.75) is 25.3 Å². The quantitative estimate of drug-likeness (QED) is 0.822. The van der Waals surface area contributed by atoms with Crippen LogP contribution in [0, 0.1) is 0 Å². The number of likely N-dealkylation sites (tertiary alicyclic amines) is 1. The third-order valence-corrected chi connectivity index (χ3v) is 4.45. The first-order valence-electron chi connectivity index (χ1n) is 8.62. The van der Waals surface area contributed by atoms with Crippen LogP contribution >= 0.6 is 0 Å². The van der Waals surface area contributed by atoms with Gasteiger partial charge in [-0.25, -0.2) is 0 Å². The Morgan fingerprint density at radius 2 is 1.76 bits per heavy atom. The summed E-state index contributed by atoms with van der Waals surface area (Å²) in [5, 5.41) is 2.90. The Bertz CT molecular complexity index is 740. The molecule has 2 aromatic rings. The molecule has 5 heteroatoms. The molecule has 0 spiro atoms. The van der Waals surface area contributed by atoms with Crippen molar-refractivity contribution in [3.05, 3.63) is 65.7 Å². The fourth-order valence-electron chi connectivity index (χ4n) is 3.13. The van der Waals surface area contributed by atoms with Gasteiger partial charge in [-0.15, -0.1) is 0 Å². The number of amides is 2. The molecule has 1 saturated heterocycles. The molecule has 5 nitrogen and oxygen atoms in total. The van der Waals surface area contributed by atoms with Gasteiger partial charge in [0.15, 0.2) is 0 Å². The van der Waals surface area contributed by atoms with Gasteiger partial charge < -0.3 is 16.0 Å². The molecule has 0 bridgehead atoms. The second-order valence-electron chi connectivity index (χ2n) is 6.37. The molecule has 0 saturated carbocycles. The maximum atomic E-state index is 12.9. The molecule has 0 aliphatic carbocycles. The highest BCUT2D eigenvalue weighted by Crippen LogP contribution is 2.13. The summed E-state index contributed by atoms with van der Waals surface area (Å²) in [6.45, 7) is 1.52. The summed E-state index contributed by atoms with van der Waals surface area (Å²) in [6.07, 6.45) is 2.52. The molecule has 1 aliphatic heterocycles. The van der Waals surface area contributed by atoms with Crippen molar-refractivity contribution in [1.29, 1.82) is 0 Å². The van der Waals surface area contributed by atoms with Crippen LogP contribution in [0.1, 0.15) is 28.8 Å². The summed E-state index contributed by atoms with van der Waals surface area (Å²) in [4.78, 5) is 27.3. The van der Waals surface area contributed by atoms with Crippen molar-refractivity contribution in [3.63, 3.8) is 0 Å². The number of nitrogens with zero attached hydrogens (tertiary/aromatic N) is 1. The van der Waals surface area contributed by atoms with Gasteiger partial charge in [-0.1, -0.05) is 36.4 Å². The fraction of sp³-hybridized carbons (Fsp3) is 0.300. The number of carbonyl (C=O) groups is 2. The number of rotatable bonds is 5. The molecule has 0 radical (unpaired) electrons. The Hall–Kier alpha value is -2.82. The number of anilines is 1. The second kappa shape index (κ2) is 7.83. The Balaban J connectivity index is 1.77. The molecule has 1 atom stereocenters. The second-order valence-corrected chi connectivity index (χ2v) is 6.37. The van der Waals surface area contributed by atoms with Crippen LogP contribution in [0.3, 0.4) is 0 Å². The van der Waals surface area contributed by atoms with E-state index in [0.29, 0.717) is 17.7 Å². The molecule has 3 N–H and O–H groups in total. The lowest BCUT2D eigenvalue weighted by atomic mass is 10.0. The maximum absolute atomic E-state index is 12.9. The predicted molar refractivity (Wildman–Crippen MR) is 98.1 cm³/mol. The summed E-state index contributed by atoms with van der Waals surface area (Å²) in [5.41, 5.74) is 7.77. The van der Waals surface area contributed by atoms with Gasteiger partial charge in [-0.05, 0) is 36.6 Å². The molecule has 2 amide bonds. The number of nitrogen functional groups attached to an aromatic ring is 1. The van der Waals surface area contributed by atoms with Gasteiger partial charge in [0.25, 0.3) is 5.91 Å². The highest BCUT2D eigenvalue weighted by atomic mass is 16.2. The first kappa shape index (κ1) is 17.0. The number of benzene rings is 2. The van der Waals surface area contributed by atoms with Crippen LogP contribution in [-0.4, -0.2) is 35.8 Å². The molecule has 2 aromatic carbocycles. The SMILES string of the molecule is Nc1cccc(C(=O)NC(Cc2ccccc2)C(=O)N2CCCC2)c1. The monoisotopic (exact) mass is 337 g/mol. The van der Waals surface area contributed by atoms with E-state index in [1.807, 2.05) is 35.2 Å². The lowest BCUT2D eigenvalue weighted by Gasteiger charge is -2.24. The number of hydrogen-bond donors (Lipinski definition) is 2. The number of nitrogens with two attached hydrogens (primary N) is 1. The van der Waals surface area contributed by atoms with Crippen molar-refractivity contribution in [3.8, 4) is 0 Å². The number of hydrogen-bond acceptors (Lipinski definition) is 3. The maximum Gasteiger partial charge on any atom is 0.252 e. The van der Waals surface area contributed by atoms with Crippen molar-refractivity contribution in [1.82, 2.24) is 10.2 Å². The van der Waals surface area contributed by atoms with E-state index >= 15 is 0 Å². The number of nitrogens with one attached hydrogen (secondary N) is 1. The third kappa shape index (κ3) is 4.38. The zero-order valence-corrected chi connectivity index (χ0v) is 14.2. The predicted octanol–water partition coefficient (Wildman–Crippen LogP) is 2.23. The van der Waals surface area contributed by atoms with Crippen molar-refractivity contribution < 1.29 is 9.59 Å². The highest BCUT2D eigenvalue weighted by molar-refractivity contribution is 5.98. The van der Waals surface area contributed by atoms with Crippen LogP contribution in [0.25, 0.3) is 0 Å². The van der Waals surface area contributed by atoms with Crippen LogP contribution < -0.4 is 11.1 Å². The van der Waals surface area contributed by atoms with Crippen molar-refractivity contribution >= 4 is 17.5 Å². The lowest BCUT2D eigenvalue weighted by Crippen LogP contribution is -2.49. The third-order valence-electron chi connectivity index (χ3n) is 4.45. The molecular weight excluding hydrogens is 314 g/mol. The van der Waals surface area contributed by atoms with Crippen LogP contribution in [0.15, 0.2) is 54.6 Å². The minimum absolute atomic E-state index is 0.0152. The summed E-state index contributed by atoms with van der Waals surface area (Å²) >= 11 is 0. The van der Waals surface area contributed by atoms with E-state index in [1.165, 1.54) is 0 Å². The first-order chi connectivity index (χ1) is 12.1. The Labute approximate surface area is 147 Å². The molecule has 0 aromatic heterocycles. The van der Waals surface area contributed by atoms with Gasteiger partial charge in [0.05, 0.1) is 0 Å². The smallest absolute Gasteiger partial charge is 0.252 e. The van der Waals surface area contributed by atoms with Gasteiger partial charge in [0.2, 0.25) is 5.91 Å². The van der Waals surface area contributed by atoms with Crippen LogP contribution in [0.2, 0.25) is 0 Å². The topological polar surface area (TPSA) is 75.4 Å². The molecule has 25 heavy (non-hydrogen) atoms. The summed E-state index contributed by atoms with van der Waals surface area (Å²) < 4.78 is 0. The zero-order chi connectivity index (χ0) is 17.6. The average Bonchev–Trinajstić information content (AvgIpc) is 3.16. The molecule has 1 fully saturated rings. The normalized spacial score (nSPS) is 15.0. The lowest BCUT2D eigenvalue weighted by molar-refractivity contribution is -0.132. The Morgan fingerprint density at radius 1 is 1.04 bits per heavy atom. The minimum atomic E-state index is -0.575. The zero-order valence-electron chi connectivity index (χ0n) is 14.2. The van der Waals surface area contributed by atoms with Crippen LogP contribution in [-0.2, 0) is 11.2 Å². The first-order valence-corrected chi connectivity index (χ1v) is 8.62. The van der Waals surface area contributed by atoms with Gasteiger partial charge in [0, 0.05) is 30.8 Å². The molecule has 1 heterocycles. The van der Waals surface area contributed by atoms with Gasteiger partial charge >= 0.3 is 0 Å². The van der Waals surface area contributed by atoms with E-state index in [-0.39, 0.29) is 11.8 Å². The molecule has 1 unspecified atom stereocenters. The van der Waals surface area contributed by atoms with Crippen LogP contribution in [0.4, 0.5) is 5.69 Å². The van der Waals surface area contributed by atoms with E-state index in [0.717, 1.165) is 31.5 Å². The van der Waals surface area contributed by atoms with Gasteiger partial charge in [-0.2, -0.15) is 0 Å². The molecule has 3 rings (SSSR count). The largest absolute Gasteiger partial charge is 0.399 e. The molecular formula is C20H23N3O2. The van der Waals surface area contributed by atoms with Crippen molar-refractivity contribution in [2.75, 3.05) is 18.8 Å². The van der Waals surface area contributed by atoms with Crippen molar-refractivity contribution in [2.24, 2.45) is 0 Å². The van der Waals surface area contributed by atoms with Crippen LogP contribution in [0.5, 0.6) is 0 Å². The standard InChI is InChI=1S/C20H23N3O2/c21-17-10-6-9-16(14-17)19(24)22-18(13-15-7-2-1-3-8-15)20(25)23-11-4-5-12-23/h1-3,6-10,14,18H,4-5,11-13,21H2,(H,22,24). The van der Waals surface area contributed by atoms with E-state index in [9.17, 15) is 9.59 Å². The Kier molecular flexibility index (Phi) is 5.33. The minimum Gasteiger partial charge on any atom is -0.399 e.